The van der Waals surface area contributed by atoms with Crippen molar-refractivity contribution < 1.29 is 18.0 Å². The molecule has 0 saturated heterocycles. The van der Waals surface area contributed by atoms with Crippen LogP contribution in [0.25, 0.3) is 11.3 Å². The summed E-state index contributed by atoms with van der Waals surface area (Å²) in [6, 6.07) is 11.4. The first-order valence-electron chi connectivity index (χ1n) is 11.2. The first kappa shape index (κ1) is 24.7. The van der Waals surface area contributed by atoms with E-state index in [1.165, 1.54) is 12.1 Å². The van der Waals surface area contributed by atoms with E-state index in [4.69, 9.17) is 5.41 Å². The topological polar surface area (TPSA) is 94.6 Å². The number of amides is 1. The van der Waals surface area contributed by atoms with Gasteiger partial charge in [-0.3, -0.25) is 4.79 Å². The highest BCUT2D eigenvalue weighted by atomic mass is 19.4. The Hall–Kier alpha value is -4.45. The summed E-state index contributed by atoms with van der Waals surface area (Å²) < 4.78 is 40.6. The molecule has 0 radical (unpaired) electrons. The van der Waals surface area contributed by atoms with Gasteiger partial charge in [0.15, 0.2) is 0 Å². The fourth-order valence-corrected chi connectivity index (χ4v) is 3.59. The number of aromatic nitrogens is 2. The van der Waals surface area contributed by atoms with Crippen molar-refractivity contribution in [2.24, 2.45) is 5.92 Å². The summed E-state index contributed by atoms with van der Waals surface area (Å²) in [5.74, 6) is -0.188. The van der Waals surface area contributed by atoms with Gasteiger partial charge in [-0.05, 0) is 67.7 Å². The smallest absolute Gasteiger partial charge is 0.322 e. The van der Waals surface area contributed by atoms with Gasteiger partial charge in [-0.15, -0.1) is 0 Å². The minimum Gasteiger partial charge on any atom is -0.322 e. The third-order valence-electron chi connectivity index (χ3n) is 5.77. The van der Waals surface area contributed by atoms with E-state index in [1.54, 1.807) is 41.4 Å². The minimum atomic E-state index is -4.55. The lowest BCUT2D eigenvalue weighted by atomic mass is 10.0. The Morgan fingerprint density at radius 3 is 2.67 bits per heavy atom. The molecule has 1 aromatic heterocycles. The maximum Gasteiger partial charge on any atom is 0.416 e. The highest BCUT2D eigenvalue weighted by Gasteiger charge is 2.31. The number of benzene rings is 2. The maximum absolute atomic E-state index is 13.0. The van der Waals surface area contributed by atoms with Crippen molar-refractivity contribution in [1.29, 1.82) is 10.7 Å². The largest absolute Gasteiger partial charge is 0.416 e. The normalized spacial score (nSPS) is 14.3. The standard InChI is InChI=1S/C27H22F3N5O/c1-17-5-10-23(34-26(36)19-3-2-4-22(11-19)27(28,29)30)12-25(17)35-16-21(15-33-35)24(14-32)20(13-31)9-8-18-6-7-18/h2-5,8-12,14-16,18,32H,6-7H2,1H3,(H,34,36)/b9-8+,24-20-,32-14?. The minimum absolute atomic E-state index is 0.114. The molecule has 1 amide bonds. The van der Waals surface area contributed by atoms with Gasteiger partial charge in [0.1, 0.15) is 0 Å². The van der Waals surface area contributed by atoms with Gasteiger partial charge in [-0.1, -0.05) is 18.2 Å². The number of nitriles is 1. The number of hydrogen-bond donors (Lipinski definition) is 2. The van der Waals surface area contributed by atoms with Crippen LogP contribution < -0.4 is 5.32 Å². The van der Waals surface area contributed by atoms with Gasteiger partial charge in [0.2, 0.25) is 0 Å². The van der Waals surface area contributed by atoms with Crippen molar-refractivity contribution in [2.45, 2.75) is 25.9 Å². The van der Waals surface area contributed by atoms with E-state index in [1.807, 2.05) is 13.0 Å². The van der Waals surface area contributed by atoms with Gasteiger partial charge < -0.3 is 10.7 Å². The fraction of sp³-hybridized carbons (Fsp3) is 0.185. The Morgan fingerprint density at radius 2 is 2.00 bits per heavy atom. The molecule has 3 aromatic rings. The number of nitrogens with zero attached hydrogens (tertiary/aromatic N) is 3. The molecule has 1 fully saturated rings. The summed E-state index contributed by atoms with van der Waals surface area (Å²) in [7, 11) is 0. The molecule has 182 valence electrons. The van der Waals surface area contributed by atoms with E-state index in [9.17, 15) is 23.2 Å². The van der Waals surface area contributed by atoms with Crippen molar-refractivity contribution in [3.05, 3.63) is 94.8 Å². The Morgan fingerprint density at radius 1 is 1.22 bits per heavy atom. The molecule has 0 unspecified atom stereocenters. The van der Waals surface area contributed by atoms with Crippen LogP contribution in [0.2, 0.25) is 0 Å². The molecule has 36 heavy (non-hydrogen) atoms. The van der Waals surface area contributed by atoms with Gasteiger partial charge in [0.05, 0.1) is 29.1 Å². The molecule has 0 bridgehead atoms. The lowest BCUT2D eigenvalue weighted by Crippen LogP contribution is -2.14. The van der Waals surface area contributed by atoms with Crippen molar-refractivity contribution >= 4 is 23.4 Å². The maximum atomic E-state index is 13.0. The number of nitrogens with one attached hydrogen (secondary N) is 2. The van der Waals surface area contributed by atoms with E-state index in [0.29, 0.717) is 34.0 Å². The number of allylic oxidation sites excluding steroid dienone is 4. The highest BCUT2D eigenvalue weighted by molar-refractivity contribution is 6.11. The van der Waals surface area contributed by atoms with Crippen LogP contribution >= 0.6 is 0 Å². The Kier molecular flexibility index (Phi) is 6.88. The Balaban J connectivity index is 1.60. The third kappa shape index (κ3) is 5.61. The van der Waals surface area contributed by atoms with E-state index < -0.39 is 17.6 Å². The first-order chi connectivity index (χ1) is 17.2. The van der Waals surface area contributed by atoms with Gasteiger partial charge >= 0.3 is 6.18 Å². The van der Waals surface area contributed by atoms with Crippen LogP contribution in [0.1, 0.15) is 39.9 Å². The summed E-state index contributed by atoms with van der Waals surface area (Å²) in [5, 5.41) is 24.4. The summed E-state index contributed by atoms with van der Waals surface area (Å²) in [6.45, 7) is 1.85. The molecule has 1 aliphatic rings. The van der Waals surface area contributed by atoms with E-state index in [0.717, 1.165) is 36.8 Å². The predicted molar refractivity (Wildman–Crippen MR) is 131 cm³/mol. The molecule has 1 saturated carbocycles. The van der Waals surface area contributed by atoms with Crippen molar-refractivity contribution in [1.82, 2.24) is 9.78 Å². The zero-order valence-electron chi connectivity index (χ0n) is 19.3. The number of aryl methyl sites for hydroxylation is 1. The van der Waals surface area contributed by atoms with E-state index >= 15 is 0 Å². The van der Waals surface area contributed by atoms with Gasteiger partial charge in [-0.2, -0.15) is 23.5 Å². The number of hydrogen-bond acceptors (Lipinski definition) is 4. The number of rotatable bonds is 7. The lowest BCUT2D eigenvalue weighted by molar-refractivity contribution is -0.137. The molecule has 0 spiro atoms. The number of carbonyl (C=O) groups excluding carboxylic acids is 1. The van der Waals surface area contributed by atoms with E-state index in [2.05, 4.69) is 16.5 Å². The van der Waals surface area contributed by atoms with Crippen LogP contribution in [0.3, 0.4) is 0 Å². The summed E-state index contributed by atoms with van der Waals surface area (Å²) in [4.78, 5) is 12.6. The van der Waals surface area contributed by atoms with Gasteiger partial charge in [0.25, 0.3) is 5.91 Å². The van der Waals surface area contributed by atoms with Gasteiger partial charge in [-0.25, -0.2) is 4.68 Å². The molecule has 2 N–H and O–H groups in total. The number of alkyl halides is 3. The van der Waals surface area contributed by atoms with Crippen molar-refractivity contribution in [3.63, 3.8) is 0 Å². The zero-order chi connectivity index (χ0) is 25.9. The average molecular weight is 490 g/mol. The molecule has 1 aliphatic carbocycles. The summed E-state index contributed by atoms with van der Waals surface area (Å²) >= 11 is 0. The van der Waals surface area contributed by atoms with Crippen LogP contribution in [-0.2, 0) is 6.18 Å². The van der Waals surface area contributed by atoms with Crippen LogP contribution in [0.15, 0.2) is 72.6 Å². The predicted octanol–water partition coefficient (Wildman–Crippen LogP) is 6.34. The van der Waals surface area contributed by atoms with E-state index in [-0.39, 0.29) is 5.56 Å². The SMILES string of the molecule is Cc1ccc(NC(=O)c2cccc(C(F)(F)F)c2)cc1-n1cc(/C(C=N)=C(C#N)/C=C/C2CC2)cn1. The Labute approximate surface area is 205 Å². The molecule has 2 aromatic carbocycles. The molecular weight excluding hydrogens is 467 g/mol. The quantitative estimate of drug-likeness (QED) is 0.230. The molecule has 9 heteroatoms. The second kappa shape index (κ2) is 10.0. The third-order valence-corrected chi connectivity index (χ3v) is 5.77. The van der Waals surface area contributed by atoms with Crippen molar-refractivity contribution in [2.75, 3.05) is 5.32 Å². The van der Waals surface area contributed by atoms with Gasteiger partial charge in [0, 0.05) is 34.8 Å². The second-order valence-electron chi connectivity index (χ2n) is 8.49. The van der Waals surface area contributed by atoms with Crippen LogP contribution in [0, 0.1) is 29.6 Å². The molecule has 0 aliphatic heterocycles. The molecular formula is C27H22F3N5O. The molecule has 1 heterocycles. The monoisotopic (exact) mass is 489 g/mol. The number of halogens is 3. The van der Waals surface area contributed by atoms with Crippen LogP contribution in [0.4, 0.5) is 18.9 Å². The highest BCUT2D eigenvalue weighted by Crippen LogP contribution is 2.32. The number of anilines is 1. The van der Waals surface area contributed by atoms with Crippen LogP contribution in [0.5, 0.6) is 0 Å². The molecule has 0 atom stereocenters. The second-order valence-corrected chi connectivity index (χ2v) is 8.49. The zero-order valence-corrected chi connectivity index (χ0v) is 19.3. The molecule has 6 nitrogen and oxygen atoms in total. The average Bonchev–Trinajstić information content (AvgIpc) is 3.57. The lowest BCUT2D eigenvalue weighted by Gasteiger charge is -2.12. The fourth-order valence-electron chi connectivity index (χ4n) is 3.59. The van der Waals surface area contributed by atoms with Crippen molar-refractivity contribution in [3.8, 4) is 11.8 Å². The first-order valence-corrected chi connectivity index (χ1v) is 11.2. The number of carbonyl (C=O) groups is 1. The molecule has 4 rings (SSSR count). The summed E-state index contributed by atoms with van der Waals surface area (Å²) in [6.07, 6.45) is 5.74. The van der Waals surface area contributed by atoms with Crippen LogP contribution in [-0.4, -0.2) is 21.9 Å². The Bertz CT molecular complexity index is 1420. The summed E-state index contributed by atoms with van der Waals surface area (Å²) in [5.41, 5.74) is 2.21.